The summed E-state index contributed by atoms with van der Waals surface area (Å²) < 4.78 is 0. The Hall–Kier alpha value is -6.84. The van der Waals surface area contributed by atoms with Crippen LogP contribution < -0.4 is 26.2 Å². The molecular formula is C77H79BN2. The van der Waals surface area contributed by atoms with Crippen molar-refractivity contribution in [2.45, 2.75) is 168 Å². The summed E-state index contributed by atoms with van der Waals surface area (Å²) in [5.74, 6) is 0. The highest BCUT2D eigenvalue weighted by Gasteiger charge is 2.56. The fourth-order valence-corrected chi connectivity index (χ4v) is 17.2. The first-order valence-corrected chi connectivity index (χ1v) is 30.4. The third kappa shape index (κ3) is 6.56. The SMILES string of the molecule is Cc1cc2c3c4c1C1(C)c5ccccc5-c5cccc(c51)N4c1cc(C4=CC5(C)CCCCC5(C)c5cc(C(C)(C)C)ccc54)ccc1B3c1cc3c(cc1N2c1ccc(C(C)(C)C)cc1-c1ccccc1)C(C)(C)CCC3(C)C. The molecule has 400 valence electrons. The standard InChI is InChI=1S/C77H79BN2/c1-46-39-66-69-70-67(46)77(14)56-27-19-18-25-51(56)53-26-22-28-63(68(53)77)80(70)64-40-48(55-45-75(12)35-20-21-36-76(75,13)57-42-50(72(5,6)7)30-32-52(55)57)29-33-60(64)78(69)61-43-58-59(74(10,11)38-37-73(58,8)9)44-65(61)79(66)62-34-31-49(71(2,3)4)41-54(62)47-23-16-15-17-24-47/h15-19,22-34,39-45H,20-21,35-38H2,1-14H3. The van der Waals surface area contributed by atoms with Crippen molar-refractivity contribution >= 4 is 62.8 Å². The van der Waals surface area contributed by atoms with Crippen LogP contribution in [0.4, 0.5) is 34.1 Å². The molecule has 3 unspecified atom stereocenters. The van der Waals surface area contributed by atoms with Gasteiger partial charge in [0.05, 0.1) is 11.4 Å². The first kappa shape index (κ1) is 50.2. The Labute approximate surface area is 478 Å². The normalized spacial score (nSPS) is 22.9. The molecule has 0 N–H and O–H groups in total. The number of anilines is 6. The number of hydrogen-bond donors (Lipinski definition) is 0. The molecule has 3 heterocycles. The van der Waals surface area contributed by atoms with Gasteiger partial charge in [0, 0.05) is 39.1 Å². The lowest BCUT2D eigenvalue weighted by Gasteiger charge is -2.53. The van der Waals surface area contributed by atoms with Crippen LogP contribution in [-0.2, 0) is 32.5 Å². The van der Waals surface area contributed by atoms with Crippen LogP contribution >= 0.6 is 0 Å². The molecule has 1 fully saturated rings. The minimum absolute atomic E-state index is 0.0146. The highest BCUT2D eigenvalue weighted by Crippen LogP contribution is 2.65. The summed E-state index contributed by atoms with van der Waals surface area (Å²) in [6.45, 7) is 34.4. The third-order valence-corrected chi connectivity index (χ3v) is 22.1. The molecule has 15 rings (SSSR count). The number of nitrogens with zero attached hydrogens (tertiary/aromatic N) is 2. The Morgan fingerprint density at radius 3 is 1.85 bits per heavy atom. The number of fused-ring (bicyclic) bond motifs is 14. The van der Waals surface area contributed by atoms with Crippen LogP contribution in [0.2, 0.25) is 0 Å². The summed E-state index contributed by atoms with van der Waals surface area (Å²) in [4.78, 5) is 5.53. The Morgan fingerprint density at radius 2 is 1.10 bits per heavy atom. The zero-order chi connectivity index (χ0) is 55.6. The molecule has 3 heteroatoms. The van der Waals surface area contributed by atoms with Gasteiger partial charge in [-0.25, -0.2) is 0 Å². The van der Waals surface area contributed by atoms with E-state index in [0.717, 1.165) is 12.8 Å². The second-order valence-corrected chi connectivity index (χ2v) is 29.7. The molecule has 0 radical (unpaired) electrons. The number of aryl methyl sites for hydroxylation is 1. The molecule has 0 aromatic heterocycles. The van der Waals surface area contributed by atoms with E-state index in [9.17, 15) is 0 Å². The number of benzene rings is 8. The van der Waals surface area contributed by atoms with Crippen LogP contribution in [0.25, 0.3) is 27.8 Å². The summed E-state index contributed by atoms with van der Waals surface area (Å²) in [6.07, 6.45) is 10.0. The van der Waals surface area contributed by atoms with E-state index in [1.165, 1.54) is 160 Å². The van der Waals surface area contributed by atoms with Gasteiger partial charge in [-0.2, -0.15) is 0 Å². The van der Waals surface area contributed by atoms with Crippen molar-refractivity contribution in [2.75, 3.05) is 9.80 Å². The molecule has 0 amide bonds. The van der Waals surface area contributed by atoms with Gasteiger partial charge in [0.2, 0.25) is 0 Å². The molecule has 0 saturated heterocycles. The van der Waals surface area contributed by atoms with Gasteiger partial charge in [-0.15, -0.1) is 0 Å². The highest BCUT2D eigenvalue weighted by molar-refractivity contribution is 7.00. The maximum Gasteiger partial charge on any atom is 0.252 e. The molecular weight excluding hydrogens is 964 g/mol. The molecule has 3 atom stereocenters. The summed E-state index contributed by atoms with van der Waals surface area (Å²) in [6, 6.07) is 58.6. The molecule has 0 bridgehead atoms. The van der Waals surface area contributed by atoms with E-state index in [-0.39, 0.29) is 44.6 Å². The molecule has 8 aromatic carbocycles. The Kier molecular flexibility index (Phi) is 10.2. The zero-order valence-corrected chi connectivity index (χ0v) is 50.1. The molecule has 4 aliphatic carbocycles. The van der Waals surface area contributed by atoms with E-state index in [0.29, 0.717) is 0 Å². The van der Waals surface area contributed by atoms with Gasteiger partial charge in [0.1, 0.15) is 0 Å². The molecule has 7 aliphatic rings. The number of allylic oxidation sites excluding steroid dienone is 1. The van der Waals surface area contributed by atoms with Gasteiger partial charge in [-0.05, 0) is 203 Å². The van der Waals surface area contributed by atoms with Crippen molar-refractivity contribution in [3.63, 3.8) is 0 Å². The first-order chi connectivity index (χ1) is 37.9. The van der Waals surface area contributed by atoms with E-state index in [2.05, 4.69) is 258 Å². The average Bonchev–Trinajstić information content (AvgIpc) is 3.89. The smallest absolute Gasteiger partial charge is 0.252 e. The van der Waals surface area contributed by atoms with Gasteiger partial charge < -0.3 is 9.80 Å². The van der Waals surface area contributed by atoms with Crippen molar-refractivity contribution in [2.24, 2.45) is 5.41 Å². The van der Waals surface area contributed by atoms with E-state index in [4.69, 9.17) is 0 Å². The summed E-state index contributed by atoms with van der Waals surface area (Å²) in [7, 11) is 0. The fourth-order valence-electron chi connectivity index (χ4n) is 17.2. The highest BCUT2D eigenvalue weighted by atomic mass is 15.2. The Morgan fingerprint density at radius 1 is 0.438 bits per heavy atom. The topological polar surface area (TPSA) is 6.48 Å². The van der Waals surface area contributed by atoms with Crippen molar-refractivity contribution in [1.82, 2.24) is 0 Å². The second kappa shape index (κ2) is 16.2. The van der Waals surface area contributed by atoms with Crippen molar-refractivity contribution in [3.05, 3.63) is 213 Å². The largest absolute Gasteiger partial charge is 0.311 e. The van der Waals surface area contributed by atoms with E-state index >= 15 is 0 Å². The van der Waals surface area contributed by atoms with Crippen LogP contribution in [0.5, 0.6) is 0 Å². The van der Waals surface area contributed by atoms with Crippen LogP contribution in [-0.4, -0.2) is 6.71 Å². The van der Waals surface area contributed by atoms with Crippen molar-refractivity contribution in [3.8, 4) is 22.3 Å². The maximum absolute atomic E-state index is 2.79. The predicted octanol–water partition coefficient (Wildman–Crippen LogP) is 18.6. The lowest BCUT2D eigenvalue weighted by molar-refractivity contribution is 0.138. The minimum atomic E-state index is -0.376. The van der Waals surface area contributed by atoms with Crippen molar-refractivity contribution < 1.29 is 0 Å². The number of rotatable bonds is 3. The van der Waals surface area contributed by atoms with Gasteiger partial charge in [0.25, 0.3) is 6.71 Å². The van der Waals surface area contributed by atoms with Crippen LogP contribution in [0.15, 0.2) is 152 Å². The quantitative estimate of drug-likeness (QED) is 0.163. The van der Waals surface area contributed by atoms with Gasteiger partial charge in [0.15, 0.2) is 0 Å². The summed E-state index contributed by atoms with van der Waals surface area (Å²) in [5.41, 5.74) is 34.2. The zero-order valence-electron chi connectivity index (χ0n) is 50.1. The van der Waals surface area contributed by atoms with Crippen LogP contribution in [0, 0.1) is 12.3 Å². The van der Waals surface area contributed by atoms with Crippen LogP contribution in [0.1, 0.15) is 190 Å². The Balaban J connectivity index is 1.07. The third-order valence-electron chi connectivity index (χ3n) is 22.1. The molecule has 2 nitrogen and oxygen atoms in total. The van der Waals surface area contributed by atoms with Crippen LogP contribution in [0.3, 0.4) is 0 Å². The molecule has 80 heavy (non-hydrogen) atoms. The molecule has 8 aromatic rings. The first-order valence-electron chi connectivity index (χ1n) is 30.4. The van der Waals surface area contributed by atoms with E-state index in [1.807, 2.05) is 0 Å². The minimum Gasteiger partial charge on any atom is -0.311 e. The summed E-state index contributed by atoms with van der Waals surface area (Å²) in [5, 5.41) is 0. The van der Waals surface area contributed by atoms with Gasteiger partial charge >= 0.3 is 0 Å². The average molecular weight is 1040 g/mol. The monoisotopic (exact) mass is 1040 g/mol. The van der Waals surface area contributed by atoms with Gasteiger partial charge in [-0.1, -0.05) is 211 Å². The van der Waals surface area contributed by atoms with Gasteiger partial charge in [-0.3, -0.25) is 0 Å². The second-order valence-electron chi connectivity index (χ2n) is 29.7. The Bertz CT molecular complexity index is 4060. The lowest BCUT2D eigenvalue weighted by atomic mass is 9.32. The maximum atomic E-state index is 2.79. The number of hydrogen-bond acceptors (Lipinski definition) is 2. The molecule has 3 aliphatic heterocycles. The summed E-state index contributed by atoms with van der Waals surface area (Å²) >= 11 is 0. The lowest BCUT2D eigenvalue weighted by Crippen LogP contribution is -2.63. The molecule has 1 saturated carbocycles. The van der Waals surface area contributed by atoms with E-state index in [1.54, 1.807) is 5.56 Å². The fraction of sp³-hybridized carbons (Fsp3) is 0.351. The predicted molar refractivity (Wildman–Crippen MR) is 342 cm³/mol. The molecule has 0 spiro atoms. The van der Waals surface area contributed by atoms with E-state index < -0.39 is 0 Å². The van der Waals surface area contributed by atoms with Crippen molar-refractivity contribution in [1.29, 1.82) is 0 Å².